The Morgan fingerprint density at radius 1 is 0.960 bits per heavy atom. The fourth-order valence-electron chi connectivity index (χ4n) is 1.88. The topological polar surface area (TPSA) is 119 Å². The lowest BCUT2D eigenvalue weighted by atomic mass is 10.2. The number of benzene rings is 2. The van der Waals surface area contributed by atoms with Crippen molar-refractivity contribution in [2.75, 3.05) is 12.4 Å². The van der Waals surface area contributed by atoms with Crippen LogP contribution >= 0.6 is 0 Å². The predicted molar refractivity (Wildman–Crippen MR) is 91.2 cm³/mol. The number of nitrogens with one attached hydrogen (secondary N) is 2. The molecule has 8 nitrogen and oxygen atoms in total. The van der Waals surface area contributed by atoms with Gasteiger partial charge in [0.25, 0.3) is 20.1 Å². The zero-order chi connectivity index (χ0) is 18.7. The zero-order valence-corrected chi connectivity index (χ0v) is 15.0. The van der Waals surface area contributed by atoms with E-state index >= 15 is 0 Å². The predicted octanol–water partition coefficient (Wildman–Crippen LogP) is 1.84. The molecule has 0 unspecified atom stereocenters. The molecule has 0 radical (unpaired) electrons. The highest BCUT2D eigenvalue weighted by Crippen LogP contribution is 2.17. The highest BCUT2D eigenvalue weighted by Gasteiger charge is 2.18. The summed E-state index contributed by atoms with van der Waals surface area (Å²) in [6.45, 7) is 1.80. The standard InChI is InChI=1S/C15H16N2O6S2/c1-11-6-8-13(9-7-11)24(19,20)17-15(18)16-12-4-3-5-14(10-12)25(21,22)23-2/h3-10H,1-2H3,(H2,16,17,18). The molecule has 0 aromatic heterocycles. The SMILES string of the molecule is COS(=O)(=O)c1cccc(NC(=O)NS(=O)(=O)c2ccc(C)cc2)c1. The van der Waals surface area contributed by atoms with Crippen LogP contribution in [0.4, 0.5) is 10.5 Å². The van der Waals surface area contributed by atoms with E-state index in [9.17, 15) is 21.6 Å². The first kappa shape index (κ1) is 18.9. The van der Waals surface area contributed by atoms with Crippen molar-refractivity contribution in [1.29, 1.82) is 0 Å². The van der Waals surface area contributed by atoms with Crippen molar-refractivity contribution in [1.82, 2.24) is 4.72 Å². The maximum absolute atomic E-state index is 12.1. The zero-order valence-electron chi connectivity index (χ0n) is 13.4. The monoisotopic (exact) mass is 384 g/mol. The van der Waals surface area contributed by atoms with Crippen molar-refractivity contribution in [3.8, 4) is 0 Å². The van der Waals surface area contributed by atoms with Crippen molar-refractivity contribution in [2.24, 2.45) is 0 Å². The van der Waals surface area contributed by atoms with E-state index < -0.39 is 26.2 Å². The lowest BCUT2D eigenvalue weighted by Crippen LogP contribution is -2.34. The van der Waals surface area contributed by atoms with E-state index in [-0.39, 0.29) is 15.5 Å². The van der Waals surface area contributed by atoms with Crippen LogP contribution in [0, 0.1) is 6.92 Å². The highest BCUT2D eigenvalue weighted by molar-refractivity contribution is 7.90. The molecule has 0 spiro atoms. The lowest BCUT2D eigenvalue weighted by molar-refractivity contribution is 0.256. The molecule has 0 atom stereocenters. The highest BCUT2D eigenvalue weighted by atomic mass is 32.2. The first-order valence-corrected chi connectivity index (χ1v) is 9.84. The average molecular weight is 384 g/mol. The third kappa shape index (κ3) is 4.78. The molecule has 134 valence electrons. The first-order chi connectivity index (χ1) is 11.6. The molecule has 0 heterocycles. The number of rotatable bonds is 5. The van der Waals surface area contributed by atoms with Crippen LogP contribution in [-0.2, 0) is 24.3 Å². The molecule has 2 N–H and O–H groups in total. The van der Waals surface area contributed by atoms with Gasteiger partial charge < -0.3 is 5.32 Å². The van der Waals surface area contributed by atoms with Gasteiger partial charge in [-0.15, -0.1) is 0 Å². The van der Waals surface area contributed by atoms with Gasteiger partial charge in [0.15, 0.2) is 0 Å². The molecule has 2 aromatic carbocycles. The molecule has 10 heteroatoms. The van der Waals surface area contributed by atoms with Gasteiger partial charge in [-0.05, 0) is 37.3 Å². The van der Waals surface area contributed by atoms with E-state index in [0.29, 0.717) is 0 Å². The van der Waals surface area contributed by atoms with Gasteiger partial charge in [-0.1, -0.05) is 23.8 Å². The summed E-state index contributed by atoms with van der Waals surface area (Å²) < 4.78 is 53.8. The number of anilines is 1. The Labute approximate surface area is 146 Å². The molecule has 25 heavy (non-hydrogen) atoms. The largest absolute Gasteiger partial charge is 0.333 e. The van der Waals surface area contributed by atoms with Gasteiger partial charge in [-0.3, -0.25) is 4.18 Å². The number of urea groups is 1. The van der Waals surface area contributed by atoms with Crippen molar-refractivity contribution >= 4 is 31.9 Å². The second kappa shape index (κ2) is 7.21. The van der Waals surface area contributed by atoms with Gasteiger partial charge in [-0.2, -0.15) is 8.42 Å². The van der Waals surface area contributed by atoms with Crippen LogP contribution in [0.1, 0.15) is 5.56 Å². The summed E-state index contributed by atoms with van der Waals surface area (Å²) in [4.78, 5) is 11.7. The summed E-state index contributed by atoms with van der Waals surface area (Å²) in [5.41, 5.74) is 0.967. The van der Waals surface area contributed by atoms with Gasteiger partial charge in [0.05, 0.1) is 16.9 Å². The van der Waals surface area contributed by atoms with Crippen LogP contribution in [0.25, 0.3) is 0 Å². The Morgan fingerprint density at radius 3 is 2.20 bits per heavy atom. The second-order valence-electron chi connectivity index (χ2n) is 5.02. The van der Waals surface area contributed by atoms with E-state index in [1.165, 1.54) is 30.3 Å². The summed E-state index contributed by atoms with van der Waals surface area (Å²) in [5.74, 6) is 0. The molecule has 0 aliphatic heterocycles. The van der Waals surface area contributed by atoms with Crippen LogP contribution in [0.3, 0.4) is 0 Å². The van der Waals surface area contributed by atoms with E-state index in [1.54, 1.807) is 19.1 Å². The van der Waals surface area contributed by atoms with Crippen LogP contribution < -0.4 is 10.0 Å². The van der Waals surface area contributed by atoms with E-state index in [4.69, 9.17) is 0 Å². The Hall–Kier alpha value is -2.43. The fraction of sp³-hybridized carbons (Fsp3) is 0.133. The molecule has 0 saturated carbocycles. The molecule has 0 saturated heterocycles. The Balaban J connectivity index is 2.15. The minimum Gasteiger partial charge on any atom is -0.307 e. The lowest BCUT2D eigenvalue weighted by Gasteiger charge is -2.10. The number of carbonyl (C=O) groups excluding carboxylic acids is 1. The Bertz CT molecular complexity index is 983. The molecule has 0 aliphatic carbocycles. The normalized spacial score (nSPS) is 11.8. The summed E-state index contributed by atoms with van der Waals surface area (Å²) in [6, 6.07) is 10.2. The van der Waals surface area contributed by atoms with Crippen LogP contribution in [0.15, 0.2) is 58.3 Å². The van der Waals surface area contributed by atoms with Crippen molar-refractivity contribution < 1.29 is 25.8 Å². The van der Waals surface area contributed by atoms with Gasteiger partial charge in [-0.25, -0.2) is 17.9 Å². The smallest absolute Gasteiger partial charge is 0.307 e. The fourth-order valence-corrected chi connectivity index (χ4v) is 3.50. The number of aryl methyl sites for hydroxylation is 1. The molecule has 0 aliphatic rings. The third-order valence-electron chi connectivity index (χ3n) is 3.16. The van der Waals surface area contributed by atoms with Crippen LogP contribution in [-0.4, -0.2) is 30.0 Å². The molecule has 2 rings (SSSR count). The van der Waals surface area contributed by atoms with Crippen LogP contribution in [0.2, 0.25) is 0 Å². The minimum atomic E-state index is -4.04. The first-order valence-electron chi connectivity index (χ1n) is 6.95. The van der Waals surface area contributed by atoms with Gasteiger partial charge in [0, 0.05) is 5.69 Å². The van der Waals surface area contributed by atoms with Crippen molar-refractivity contribution in [3.05, 3.63) is 54.1 Å². The number of sulfonamides is 1. The number of hydrogen-bond acceptors (Lipinski definition) is 6. The Morgan fingerprint density at radius 2 is 1.60 bits per heavy atom. The van der Waals surface area contributed by atoms with E-state index in [1.807, 2.05) is 4.72 Å². The van der Waals surface area contributed by atoms with Gasteiger partial charge >= 0.3 is 6.03 Å². The van der Waals surface area contributed by atoms with Gasteiger partial charge in [0.2, 0.25) is 0 Å². The Kier molecular flexibility index (Phi) is 5.45. The van der Waals surface area contributed by atoms with E-state index in [2.05, 4.69) is 9.50 Å². The quantitative estimate of drug-likeness (QED) is 0.759. The summed E-state index contributed by atoms with van der Waals surface area (Å²) in [7, 11) is -6.96. The summed E-state index contributed by atoms with van der Waals surface area (Å²) >= 11 is 0. The third-order valence-corrected chi connectivity index (χ3v) is 5.78. The van der Waals surface area contributed by atoms with Crippen molar-refractivity contribution in [2.45, 2.75) is 16.7 Å². The average Bonchev–Trinajstić information content (AvgIpc) is 2.55. The van der Waals surface area contributed by atoms with E-state index in [0.717, 1.165) is 18.7 Å². The number of hydrogen-bond donors (Lipinski definition) is 2. The van der Waals surface area contributed by atoms with Crippen LogP contribution in [0.5, 0.6) is 0 Å². The molecule has 2 amide bonds. The molecule has 2 aromatic rings. The molecule has 0 bridgehead atoms. The maximum Gasteiger partial charge on any atom is 0.333 e. The summed E-state index contributed by atoms with van der Waals surface area (Å²) in [6.07, 6.45) is 0. The molecule has 0 fully saturated rings. The maximum atomic E-state index is 12.1. The van der Waals surface area contributed by atoms with Crippen molar-refractivity contribution in [3.63, 3.8) is 0 Å². The number of amides is 2. The number of carbonyl (C=O) groups is 1. The second-order valence-corrected chi connectivity index (χ2v) is 8.42. The summed E-state index contributed by atoms with van der Waals surface area (Å²) in [5, 5.41) is 2.27. The minimum absolute atomic E-state index is 0.0658. The molecular formula is C15H16N2O6S2. The molecular weight excluding hydrogens is 368 g/mol. The van der Waals surface area contributed by atoms with Gasteiger partial charge in [0.1, 0.15) is 0 Å².